The van der Waals surface area contributed by atoms with Crippen molar-refractivity contribution < 1.29 is 14.3 Å². The third-order valence-corrected chi connectivity index (χ3v) is 25.1. The number of rotatable bonds is 14. The third-order valence-electron chi connectivity index (χ3n) is 25.1. The number of aromatic nitrogens is 1. The van der Waals surface area contributed by atoms with Gasteiger partial charge in [0.2, 0.25) is 0 Å². The van der Waals surface area contributed by atoms with Gasteiger partial charge in [-0.15, -0.1) is 0 Å². The molecule has 0 saturated heterocycles. The molecule has 4 heterocycles. The molecule has 1 aromatic heterocycles. The molecular weight excluding hydrogens is 1470 g/mol. The van der Waals surface area contributed by atoms with Gasteiger partial charge in [-0.1, -0.05) is 378 Å². The molecule has 0 spiro atoms. The lowest BCUT2D eigenvalue weighted by Gasteiger charge is -2.46. The molecule has 0 saturated carbocycles. The van der Waals surface area contributed by atoms with Gasteiger partial charge in [0.25, 0.3) is 6.71 Å². The van der Waals surface area contributed by atoms with Gasteiger partial charge in [-0.05, 0) is 201 Å². The van der Waals surface area contributed by atoms with Crippen LogP contribution in [0.5, 0.6) is 11.5 Å². The first-order valence-corrected chi connectivity index (χ1v) is 41.7. The van der Waals surface area contributed by atoms with E-state index in [0.717, 1.165) is 184 Å². The highest BCUT2D eigenvalue weighted by atomic mass is 16.5. The molecule has 122 heavy (non-hydrogen) atoms. The monoisotopic (exact) mass is 1560 g/mol. The Bertz CT molecular complexity index is 7700. The number of para-hydroxylation sites is 4. The summed E-state index contributed by atoms with van der Waals surface area (Å²) in [6, 6.07) is 142. The number of hydrogen-bond acceptors (Lipinski definition) is 3. The molecule has 20 aromatic rings. The molecule has 3 aliphatic heterocycles. The molecule has 0 amide bonds. The second kappa shape index (κ2) is 29.5. The molecule has 0 atom stereocenters. The molecule has 0 N–H and O–H groups in total. The quantitative estimate of drug-likeness (QED) is 0.101. The van der Waals surface area contributed by atoms with Crippen LogP contribution in [0.1, 0.15) is 34.6 Å². The summed E-state index contributed by atoms with van der Waals surface area (Å²) >= 11 is 0. The van der Waals surface area contributed by atoms with Gasteiger partial charge < -0.3 is 19.1 Å². The first-order valence-electron chi connectivity index (χ1n) is 45.2. The maximum atomic E-state index is 10.5. The Labute approximate surface area is 722 Å². The number of anilines is 6. The highest BCUT2D eigenvalue weighted by Gasteiger charge is 2.46. The van der Waals surface area contributed by atoms with Crippen LogP contribution >= 0.6 is 0 Å². The molecule has 0 fully saturated rings. The van der Waals surface area contributed by atoms with E-state index >= 15 is 0 Å². The van der Waals surface area contributed by atoms with Gasteiger partial charge in [-0.3, -0.25) is 0 Å². The van der Waals surface area contributed by atoms with Crippen LogP contribution in [0, 0.1) is 0 Å². The van der Waals surface area contributed by atoms with Crippen LogP contribution in [-0.2, 0) is 5.41 Å². The summed E-state index contributed by atoms with van der Waals surface area (Å²) in [5, 5.41) is 0.233. The average Bonchev–Trinajstić information content (AvgIpc) is 1.49. The maximum absolute atomic E-state index is 10.5. The van der Waals surface area contributed by atoms with E-state index in [1.54, 1.807) is 4.57 Å². The van der Waals surface area contributed by atoms with E-state index in [4.69, 9.17) is 4.74 Å². The third kappa shape index (κ3) is 12.2. The van der Waals surface area contributed by atoms with E-state index in [-0.39, 0.29) is 57.6 Å². The van der Waals surface area contributed by atoms with Crippen LogP contribution in [0.15, 0.2) is 449 Å². The SMILES string of the molecule is [2H]c1c([2H])c([2H])c2c(c1[2H])c1c([2H])c(-c3ccccc3)c([2H])c([2H])c1n2-c1ccc2c(c1)N(c1c(-c3ccccc3)cccc1-c1ccccc1)c1cc(-c3ccc4c(c3)C(C)(C)c3ccccc3O4)cc3c1B2c1cc(-c2cc(-c4ccccc4)cc(-c4ccccc4)c2)ccc1N3c1c(-c2ccc(-c3ccccc3)cc2)cccc1-c1ccc(-c2ccccc2)cc1. The Kier molecular flexibility index (Phi) is 15.6. The van der Waals surface area contributed by atoms with Crippen molar-refractivity contribution in [3.05, 3.63) is 460 Å². The minimum absolute atomic E-state index is 0.0845. The van der Waals surface area contributed by atoms with Crippen molar-refractivity contribution in [3.63, 3.8) is 0 Å². The lowest BCUT2D eigenvalue weighted by molar-refractivity contribution is 0.418. The van der Waals surface area contributed by atoms with Gasteiger partial charge in [-0.25, -0.2) is 0 Å². The normalized spacial score (nSPS) is 13.6. The van der Waals surface area contributed by atoms with Crippen molar-refractivity contribution in [1.29, 1.82) is 0 Å². The van der Waals surface area contributed by atoms with Crippen molar-refractivity contribution in [3.8, 4) is 140 Å². The molecular formula is C117H80BN3O. The van der Waals surface area contributed by atoms with Crippen LogP contribution in [-0.4, -0.2) is 11.3 Å². The predicted molar refractivity (Wildman–Crippen MR) is 513 cm³/mol. The molecule has 0 unspecified atom stereocenters. The molecule has 572 valence electrons. The van der Waals surface area contributed by atoms with Crippen LogP contribution < -0.4 is 30.9 Å². The number of fused-ring (bicyclic) bond motifs is 9. The lowest BCUT2D eigenvalue weighted by Crippen LogP contribution is -2.61. The summed E-state index contributed by atoms with van der Waals surface area (Å²) in [5.74, 6) is 1.60. The Hall–Kier alpha value is -15.6. The van der Waals surface area contributed by atoms with Crippen LogP contribution in [0.25, 0.3) is 150 Å². The van der Waals surface area contributed by atoms with E-state index in [0.29, 0.717) is 11.3 Å². The topological polar surface area (TPSA) is 20.6 Å². The van der Waals surface area contributed by atoms with Gasteiger partial charge in [0.15, 0.2) is 0 Å². The Morgan fingerprint density at radius 2 is 0.656 bits per heavy atom. The molecule has 3 aliphatic rings. The fourth-order valence-corrected chi connectivity index (χ4v) is 19.2. The summed E-state index contributed by atoms with van der Waals surface area (Å²) in [7, 11) is 0. The minimum Gasteiger partial charge on any atom is -0.457 e. The van der Waals surface area contributed by atoms with Crippen LogP contribution in [0.3, 0.4) is 0 Å². The van der Waals surface area contributed by atoms with Crippen molar-refractivity contribution in [2.45, 2.75) is 19.3 Å². The number of benzene rings is 19. The fraction of sp³-hybridized carbons (Fsp3) is 0.0256. The summed E-state index contributed by atoms with van der Waals surface area (Å²) in [6.45, 7) is 3.97. The van der Waals surface area contributed by atoms with Crippen LogP contribution in [0.2, 0.25) is 0 Å². The summed E-state index contributed by atoms with van der Waals surface area (Å²) < 4.78 is 78.8. The second-order valence-electron chi connectivity index (χ2n) is 32.4. The molecule has 0 aliphatic carbocycles. The van der Waals surface area contributed by atoms with E-state index in [2.05, 4.69) is 388 Å². The number of ether oxygens (including phenoxy) is 1. The minimum atomic E-state index is -0.598. The summed E-state index contributed by atoms with van der Waals surface area (Å²) in [4.78, 5) is 5.05. The Morgan fingerprint density at radius 3 is 1.19 bits per heavy atom. The van der Waals surface area contributed by atoms with Gasteiger partial charge in [-0.2, -0.15) is 0 Å². The highest BCUT2D eigenvalue weighted by molar-refractivity contribution is 7.00. The molecule has 19 aromatic carbocycles. The van der Waals surface area contributed by atoms with Crippen molar-refractivity contribution in [1.82, 2.24) is 4.57 Å². The lowest BCUT2D eigenvalue weighted by atomic mass is 9.33. The van der Waals surface area contributed by atoms with E-state index in [1.807, 2.05) is 42.5 Å². The first-order chi connectivity index (χ1) is 63.2. The van der Waals surface area contributed by atoms with Crippen LogP contribution in [0.4, 0.5) is 34.1 Å². The van der Waals surface area contributed by atoms with Crippen molar-refractivity contribution in [2.24, 2.45) is 0 Å². The summed E-state index contributed by atoms with van der Waals surface area (Å²) in [6.07, 6.45) is 0. The van der Waals surface area contributed by atoms with E-state index < -0.39 is 24.2 Å². The Balaban J connectivity index is 0.888. The Morgan fingerprint density at radius 1 is 0.262 bits per heavy atom. The number of hydrogen-bond donors (Lipinski definition) is 0. The standard InChI is InChI=1S/C117H80BN3O/c1-117(2)102-49-25-27-51-112(102)122-113-67-62-89(72-103(113)117)94-74-110-114-111(75-94)121(116-96(84-40-20-8-21-41-84)45-28-46-97(116)85-42-22-9-23-43-85)109-76-95(119-106-50-26-24-44-100(106)101-71-88(60-65-107(101)119)79-34-14-5-15-35-79)63-64-104(109)118(114)105-73-90(93-69-91(80-36-16-6-17-37-80)68-92(70-93)81-38-18-7-19-39-81)61-66-108(105)120(110)115-98(86-56-52-82(53-57-86)77-30-10-3-11-31-77)47-29-48-99(115)87-58-54-83(55-59-87)78-32-12-4-13-33-78/h3-76H,1-2H3/i24D,26D,44D,50D,60D,65D,71D. The highest BCUT2D eigenvalue weighted by Crippen LogP contribution is 2.56. The molecule has 23 rings (SSSR count). The van der Waals surface area contributed by atoms with Gasteiger partial charge in [0.05, 0.1) is 32.0 Å². The largest absolute Gasteiger partial charge is 0.457 e. The zero-order chi connectivity index (χ0) is 87.0. The average molecular weight is 1560 g/mol. The molecule has 4 nitrogen and oxygen atoms in total. The zero-order valence-corrected chi connectivity index (χ0v) is 67.0. The maximum Gasteiger partial charge on any atom is 0.252 e. The fourth-order valence-electron chi connectivity index (χ4n) is 19.2. The smallest absolute Gasteiger partial charge is 0.252 e. The zero-order valence-electron chi connectivity index (χ0n) is 74.0. The van der Waals surface area contributed by atoms with Gasteiger partial charge >= 0.3 is 0 Å². The number of nitrogens with zero attached hydrogens (tertiary/aromatic N) is 3. The van der Waals surface area contributed by atoms with Gasteiger partial charge in [0, 0.05) is 78.0 Å². The van der Waals surface area contributed by atoms with Gasteiger partial charge in [0.1, 0.15) is 11.5 Å². The summed E-state index contributed by atoms with van der Waals surface area (Å²) in [5.41, 5.74) is 31.6. The molecule has 0 bridgehead atoms. The predicted octanol–water partition coefficient (Wildman–Crippen LogP) is 29.6. The van der Waals surface area contributed by atoms with E-state index in [9.17, 15) is 9.60 Å². The second-order valence-corrected chi connectivity index (χ2v) is 32.4. The molecule has 0 radical (unpaired) electrons. The van der Waals surface area contributed by atoms with Crippen molar-refractivity contribution >= 4 is 79.0 Å². The van der Waals surface area contributed by atoms with E-state index in [1.165, 1.54) is 0 Å². The van der Waals surface area contributed by atoms with Crippen molar-refractivity contribution in [2.75, 3.05) is 9.80 Å². The first kappa shape index (κ1) is 64.5. The molecule has 5 heteroatoms.